The van der Waals surface area contributed by atoms with Crippen molar-refractivity contribution >= 4 is 44.3 Å². The van der Waals surface area contributed by atoms with Crippen molar-refractivity contribution < 1.29 is 9.53 Å². The Kier molecular flexibility index (Phi) is 7.10. The summed E-state index contributed by atoms with van der Waals surface area (Å²) in [6.07, 6.45) is 1.39. The van der Waals surface area contributed by atoms with Gasteiger partial charge in [-0.1, -0.05) is 54.1 Å². The van der Waals surface area contributed by atoms with Gasteiger partial charge in [-0.3, -0.25) is 9.69 Å². The number of ether oxygens (including phenoxy) is 1. The van der Waals surface area contributed by atoms with Gasteiger partial charge in [0, 0.05) is 37.2 Å². The molecule has 0 unspecified atom stereocenters. The molecule has 1 fully saturated rings. The first kappa shape index (κ1) is 22.1. The second-order valence-electron chi connectivity index (χ2n) is 7.90. The molecule has 1 saturated heterocycles. The number of halogens is 1. The van der Waals surface area contributed by atoms with Crippen LogP contribution in [0.2, 0.25) is 5.02 Å². The number of esters is 1. The highest BCUT2D eigenvalue weighted by atomic mass is 35.5. The first-order valence-electron chi connectivity index (χ1n) is 10.8. The van der Waals surface area contributed by atoms with E-state index in [1.165, 1.54) is 5.56 Å². The number of piperazine rings is 1. The third kappa shape index (κ3) is 5.37. The Labute approximate surface area is 192 Å². The maximum atomic E-state index is 11.8. The molecule has 164 valence electrons. The van der Waals surface area contributed by atoms with Crippen molar-refractivity contribution in [2.45, 2.75) is 39.3 Å². The molecule has 2 heterocycles. The monoisotopic (exact) mass is 457 g/mol. The molecule has 0 radical (unpaired) electrons. The molecule has 7 heteroatoms. The SMILES string of the molecule is CCOC(=O)Cc1cccc(CN2CCN(c3nc4ccc(Cl)cc4s3)[C@H](CC)C2)c1. The van der Waals surface area contributed by atoms with Gasteiger partial charge in [-0.15, -0.1) is 0 Å². The lowest BCUT2D eigenvalue weighted by Crippen LogP contribution is -2.52. The lowest BCUT2D eigenvalue weighted by molar-refractivity contribution is -0.142. The molecule has 0 aliphatic carbocycles. The van der Waals surface area contributed by atoms with Gasteiger partial charge >= 0.3 is 5.97 Å². The molecule has 1 atom stereocenters. The maximum Gasteiger partial charge on any atom is 0.310 e. The molecule has 31 heavy (non-hydrogen) atoms. The van der Waals surface area contributed by atoms with Crippen molar-refractivity contribution in [1.82, 2.24) is 9.88 Å². The number of carbonyl (C=O) groups excluding carboxylic acids is 1. The van der Waals surface area contributed by atoms with Crippen molar-refractivity contribution in [2.75, 3.05) is 31.1 Å². The molecule has 0 bridgehead atoms. The van der Waals surface area contributed by atoms with Crippen molar-refractivity contribution in [3.8, 4) is 0 Å². The van der Waals surface area contributed by atoms with E-state index in [0.717, 1.165) is 58.5 Å². The van der Waals surface area contributed by atoms with E-state index in [9.17, 15) is 4.79 Å². The number of benzene rings is 2. The van der Waals surface area contributed by atoms with Crippen LogP contribution in [0.25, 0.3) is 10.2 Å². The summed E-state index contributed by atoms with van der Waals surface area (Å²) in [5.41, 5.74) is 3.26. The van der Waals surface area contributed by atoms with Gasteiger partial charge in [-0.05, 0) is 42.7 Å². The smallest absolute Gasteiger partial charge is 0.310 e. The Morgan fingerprint density at radius 2 is 2.03 bits per heavy atom. The lowest BCUT2D eigenvalue weighted by atomic mass is 10.1. The molecular weight excluding hydrogens is 430 g/mol. The Bertz CT molecular complexity index is 1050. The Morgan fingerprint density at radius 3 is 2.84 bits per heavy atom. The number of hydrogen-bond acceptors (Lipinski definition) is 6. The molecule has 0 saturated carbocycles. The zero-order chi connectivity index (χ0) is 21.8. The van der Waals surface area contributed by atoms with Crippen LogP contribution in [0.1, 0.15) is 31.4 Å². The lowest BCUT2D eigenvalue weighted by Gasteiger charge is -2.41. The highest BCUT2D eigenvalue weighted by molar-refractivity contribution is 7.22. The fourth-order valence-electron chi connectivity index (χ4n) is 4.15. The number of carbonyl (C=O) groups is 1. The summed E-state index contributed by atoms with van der Waals surface area (Å²) in [4.78, 5) is 21.6. The number of rotatable bonds is 7. The second-order valence-corrected chi connectivity index (χ2v) is 9.35. The molecule has 1 aliphatic rings. The summed E-state index contributed by atoms with van der Waals surface area (Å²) in [6, 6.07) is 14.6. The fourth-order valence-corrected chi connectivity index (χ4v) is 5.49. The molecule has 0 N–H and O–H groups in total. The minimum Gasteiger partial charge on any atom is -0.466 e. The third-order valence-electron chi connectivity index (χ3n) is 5.67. The van der Waals surface area contributed by atoms with Crippen LogP contribution >= 0.6 is 22.9 Å². The summed E-state index contributed by atoms with van der Waals surface area (Å²) in [5.74, 6) is -0.170. The molecule has 1 aromatic heterocycles. The minimum absolute atomic E-state index is 0.170. The molecule has 0 spiro atoms. The number of hydrogen-bond donors (Lipinski definition) is 0. The van der Waals surface area contributed by atoms with Crippen LogP contribution in [-0.2, 0) is 22.5 Å². The van der Waals surface area contributed by atoms with Gasteiger partial charge in [0.25, 0.3) is 0 Å². The molecule has 5 nitrogen and oxygen atoms in total. The fraction of sp³-hybridized carbons (Fsp3) is 0.417. The average molecular weight is 458 g/mol. The van der Waals surface area contributed by atoms with Crippen LogP contribution in [0.15, 0.2) is 42.5 Å². The highest BCUT2D eigenvalue weighted by Crippen LogP contribution is 2.33. The predicted molar refractivity (Wildman–Crippen MR) is 128 cm³/mol. The van der Waals surface area contributed by atoms with Gasteiger partial charge in [-0.25, -0.2) is 4.98 Å². The van der Waals surface area contributed by atoms with Gasteiger partial charge in [0.2, 0.25) is 0 Å². The van der Waals surface area contributed by atoms with E-state index in [-0.39, 0.29) is 5.97 Å². The standard InChI is InChI=1S/C24H28ClN3O2S/c1-3-20-16-27(15-18-7-5-6-17(12-18)13-23(29)30-4-2)10-11-28(20)24-26-21-9-8-19(25)14-22(21)31-24/h5-9,12,14,20H,3-4,10-11,13,15-16H2,1-2H3/t20-/m1/s1. The Hall–Kier alpha value is -2.15. The van der Waals surface area contributed by atoms with Gasteiger partial charge in [0.05, 0.1) is 23.2 Å². The molecule has 3 aromatic rings. The van der Waals surface area contributed by atoms with Crippen LogP contribution in [0, 0.1) is 0 Å². The van der Waals surface area contributed by atoms with Crippen LogP contribution in [0.3, 0.4) is 0 Å². The summed E-state index contributed by atoms with van der Waals surface area (Å²) in [5, 5.41) is 1.84. The van der Waals surface area contributed by atoms with Crippen LogP contribution < -0.4 is 4.90 Å². The van der Waals surface area contributed by atoms with Crippen LogP contribution in [0.4, 0.5) is 5.13 Å². The molecule has 2 aromatic carbocycles. The van der Waals surface area contributed by atoms with E-state index < -0.39 is 0 Å². The quantitative estimate of drug-likeness (QED) is 0.459. The number of aromatic nitrogens is 1. The maximum absolute atomic E-state index is 11.8. The molecular formula is C24H28ClN3O2S. The van der Waals surface area contributed by atoms with E-state index in [1.54, 1.807) is 11.3 Å². The van der Waals surface area contributed by atoms with Crippen molar-refractivity contribution in [2.24, 2.45) is 0 Å². The highest BCUT2D eigenvalue weighted by Gasteiger charge is 2.28. The van der Waals surface area contributed by atoms with E-state index in [1.807, 2.05) is 37.3 Å². The number of fused-ring (bicyclic) bond motifs is 1. The Morgan fingerprint density at radius 1 is 1.19 bits per heavy atom. The van der Waals surface area contributed by atoms with Crippen molar-refractivity contribution in [3.05, 3.63) is 58.6 Å². The molecule has 1 aliphatic heterocycles. The average Bonchev–Trinajstić information content (AvgIpc) is 3.17. The van der Waals surface area contributed by atoms with Gasteiger partial charge < -0.3 is 9.64 Å². The topological polar surface area (TPSA) is 45.7 Å². The largest absolute Gasteiger partial charge is 0.466 e. The van der Waals surface area contributed by atoms with E-state index >= 15 is 0 Å². The number of nitrogens with zero attached hydrogens (tertiary/aromatic N) is 3. The number of thiazole rings is 1. The first-order chi connectivity index (χ1) is 15.1. The van der Waals surface area contributed by atoms with E-state index in [4.69, 9.17) is 21.3 Å². The number of anilines is 1. The van der Waals surface area contributed by atoms with Gasteiger partial charge in [-0.2, -0.15) is 0 Å². The second kappa shape index (κ2) is 9.98. The van der Waals surface area contributed by atoms with Gasteiger partial charge in [0.1, 0.15) is 0 Å². The summed E-state index contributed by atoms with van der Waals surface area (Å²) in [7, 11) is 0. The van der Waals surface area contributed by atoms with Crippen LogP contribution in [0.5, 0.6) is 0 Å². The van der Waals surface area contributed by atoms with Gasteiger partial charge in [0.15, 0.2) is 5.13 Å². The van der Waals surface area contributed by atoms with E-state index in [2.05, 4.69) is 28.9 Å². The predicted octanol–water partition coefficient (Wildman–Crippen LogP) is 5.16. The zero-order valence-corrected chi connectivity index (χ0v) is 19.6. The Balaban J connectivity index is 1.42. The summed E-state index contributed by atoms with van der Waals surface area (Å²) < 4.78 is 6.22. The summed E-state index contributed by atoms with van der Waals surface area (Å²) in [6.45, 7) is 8.31. The van der Waals surface area contributed by atoms with Crippen molar-refractivity contribution in [1.29, 1.82) is 0 Å². The molecule has 4 rings (SSSR count). The first-order valence-corrected chi connectivity index (χ1v) is 12.0. The van der Waals surface area contributed by atoms with Crippen molar-refractivity contribution in [3.63, 3.8) is 0 Å². The van der Waals surface area contributed by atoms with Crippen LogP contribution in [-0.4, -0.2) is 48.1 Å². The molecule has 0 amide bonds. The minimum atomic E-state index is -0.170. The van der Waals surface area contributed by atoms with E-state index in [0.29, 0.717) is 19.1 Å². The zero-order valence-electron chi connectivity index (χ0n) is 18.0. The summed E-state index contributed by atoms with van der Waals surface area (Å²) >= 11 is 7.88. The normalized spacial score (nSPS) is 17.3. The third-order valence-corrected chi connectivity index (χ3v) is 6.96.